The molecule has 0 aliphatic rings. The summed E-state index contributed by atoms with van der Waals surface area (Å²) in [5.41, 5.74) is 4.30. The molecule has 2 aromatic rings. The fraction of sp³-hybridized carbons (Fsp3) is 0.606. The van der Waals surface area contributed by atoms with E-state index < -0.39 is 42.3 Å². The summed E-state index contributed by atoms with van der Waals surface area (Å²) in [5, 5.41) is 9.05. The van der Waals surface area contributed by atoms with Gasteiger partial charge >= 0.3 is 25.7 Å². The lowest BCUT2D eigenvalue weighted by atomic mass is 10.0. The van der Waals surface area contributed by atoms with Gasteiger partial charge in [-0.3, -0.25) is 0 Å². The summed E-state index contributed by atoms with van der Waals surface area (Å²) in [4.78, 5) is 0. The first kappa shape index (κ1) is 38.0. The number of benzene rings is 2. The number of unbranched alkanes of at least 4 members (excludes halogenated alkanes) is 5. The summed E-state index contributed by atoms with van der Waals surface area (Å²) >= 11 is 0. The third-order valence-electron chi connectivity index (χ3n) is 7.48. The average molecular weight is 674 g/mol. The molecule has 2 aromatic carbocycles. The van der Waals surface area contributed by atoms with Crippen LogP contribution in [0.1, 0.15) is 56.6 Å². The quantitative estimate of drug-likeness (QED) is 0.110. The Morgan fingerprint density at radius 2 is 0.953 bits per heavy atom. The van der Waals surface area contributed by atoms with Crippen molar-refractivity contribution in [1.29, 1.82) is 5.26 Å². The van der Waals surface area contributed by atoms with Gasteiger partial charge in [0.05, 0.1) is 11.6 Å². The van der Waals surface area contributed by atoms with E-state index in [2.05, 4.69) is 103 Å². The Morgan fingerprint density at radius 1 is 0.535 bits per heavy atom. The van der Waals surface area contributed by atoms with Crippen LogP contribution in [0.2, 0.25) is 77.6 Å². The largest absolute Gasteiger partial charge is 0.436 e. The molecule has 0 fully saturated rings. The molecule has 2 rings (SSSR count). The molecule has 240 valence electrons. The average Bonchev–Trinajstić information content (AvgIpc) is 2.87. The summed E-state index contributed by atoms with van der Waals surface area (Å²) in [6.45, 7) is 24.7. The van der Waals surface area contributed by atoms with Crippen LogP contribution in [0.15, 0.2) is 48.5 Å². The van der Waals surface area contributed by atoms with Gasteiger partial charge in [0.25, 0.3) is 0 Å². The van der Waals surface area contributed by atoms with Gasteiger partial charge < -0.3 is 16.5 Å². The lowest BCUT2D eigenvalue weighted by Crippen LogP contribution is -2.58. The van der Waals surface area contributed by atoms with Crippen molar-refractivity contribution < 1.29 is 16.5 Å². The Hall–Kier alpha value is -1.15. The highest BCUT2D eigenvalue weighted by atomic mass is 28.5. The lowest BCUT2D eigenvalue weighted by molar-refractivity contribution is 0.298. The molecule has 5 nitrogen and oxygen atoms in total. The molecule has 0 spiro atoms. The van der Waals surface area contributed by atoms with E-state index >= 15 is 0 Å². The SMILES string of the molecule is CCCCCCCC[Si](C)(C)O[Si](C)(C)O[Si](C)(C)O[Si](C)(C)O[Si](C)(C)CCc1ccc(-c2ccc(C#N)cc2)cc1. The van der Waals surface area contributed by atoms with Crippen molar-refractivity contribution in [2.24, 2.45) is 0 Å². The zero-order valence-electron chi connectivity index (χ0n) is 29.1. The lowest BCUT2D eigenvalue weighted by Gasteiger charge is -2.42. The van der Waals surface area contributed by atoms with E-state index in [0.29, 0.717) is 5.56 Å². The van der Waals surface area contributed by atoms with Gasteiger partial charge in [0.1, 0.15) is 0 Å². The number of nitriles is 1. The normalized spacial score (nSPS) is 13.3. The Bertz CT molecular complexity index is 1160. The molecule has 0 unspecified atom stereocenters. The van der Waals surface area contributed by atoms with Crippen LogP contribution in [0, 0.1) is 11.3 Å². The highest BCUT2D eigenvalue weighted by Gasteiger charge is 2.45. The molecule has 43 heavy (non-hydrogen) atoms. The molecule has 10 heteroatoms. The van der Waals surface area contributed by atoms with Crippen LogP contribution in [0.4, 0.5) is 0 Å². The molecule has 0 saturated heterocycles. The first-order valence-corrected chi connectivity index (χ1v) is 30.9. The van der Waals surface area contributed by atoms with E-state index in [1.807, 2.05) is 24.3 Å². The Kier molecular flexibility index (Phi) is 14.5. The highest BCUT2D eigenvalue weighted by molar-refractivity contribution is 6.90. The zero-order valence-corrected chi connectivity index (χ0v) is 34.1. The minimum absolute atomic E-state index is 0.684. The van der Waals surface area contributed by atoms with Gasteiger partial charge in [-0.2, -0.15) is 5.26 Å². The van der Waals surface area contributed by atoms with E-state index in [1.165, 1.54) is 55.7 Å². The maximum Gasteiger partial charge on any atom is 0.314 e. The molecule has 0 bridgehead atoms. The van der Waals surface area contributed by atoms with Gasteiger partial charge in [-0.15, -0.1) is 0 Å². The van der Waals surface area contributed by atoms with Gasteiger partial charge in [-0.1, -0.05) is 81.8 Å². The molecular weight excluding hydrogens is 615 g/mol. The maximum absolute atomic E-state index is 9.05. The molecule has 0 aliphatic carbocycles. The maximum atomic E-state index is 9.05. The Labute approximate surface area is 269 Å². The van der Waals surface area contributed by atoms with E-state index in [-0.39, 0.29) is 0 Å². The van der Waals surface area contributed by atoms with Gasteiger partial charge in [0.2, 0.25) is 0 Å². The van der Waals surface area contributed by atoms with Crippen LogP contribution in [-0.4, -0.2) is 42.3 Å². The van der Waals surface area contributed by atoms with E-state index in [1.54, 1.807) is 0 Å². The summed E-state index contributed by atoms with van der Waals surface area (Å²) in [6, 6.07) is 20.9. The third-order valence-corrected chi connectivity index (χ3v) is 26.7. The fourth-order valence-electron chi connectivity index (χ4n) is 6.06. The molecule has 0 N–H and O–H groups in total. The summed E-state index contributed by atoms with van der Waals surface area (Å²) in [7, 11) is -11.0. The van der Waals surface area contributed by atoms with Crippen molar-refractivity contribution in [2.45, 2.75) is 129 Å². The third kappa shape index (κ3) is 15.1. The van der Waals surface area contributed by atoms with Crippen LogP contribution in [0.25, 0.3) is 11.1 Å². The molecule has 0 saturated carbocycles. The minimum Gasteiger partial charge on any atom is -0.436 e. The standard InChI is InChI=1S/C33H59NO4Si5/c1-12-13-14-15-16-17-27-39(2,3)35-41(6,7)37-43(10,11)38-42(8,9)36-40(4,5)28-26-30-18-22-32(23-19-30)33-24-20-31(29-34)21-25-33/h18-25H,12-17,26-28H2,1-11H3. The predicted octanol–water partition coefficient (Wildman–Crippen LogP) is 10.7. The van der Waals surface area contributed by atoms with Gasteiger partial charge in [0.15, 0.2) is 16.6 Å². The number of rotatable bonds is 19. The molecular formula is C33H59NO4Si5. The van der Waals surface area contributed by atoms with Gasteiger partial charge in [-0.05, 0) is 113 Å². The molecule has 0 amide bonds. The molecule has 0 heterocycles. The van der Waals surface area contributed by atoms with Gasteiger partial charge in [-0.25, -0.2) is 0 Å². The van der Waals surface area contributed by atoms with Gasteiger partial charge in [0, 0.05) is 0 Å². The topological polar surface area (TPSA) is 60.7 Å². The second-order valence-corrected chi connectivity index (χ2v) is 34.2. The number of hydrogen-bond acceptors (Lipinski definition) is 5. The molecule has 0 radical (unpaired) electrons. The van der Waals surface area contributed by atoms with Crippen molar-refractivity contribution in [1.82, 2.24) is 0 Å². The van der Waals surface area contributed by atoms with Crippen LogP contribution in [0.3, 0.4) is 0 Å². The van der Waals surface area contributed by atoms with E-state index in [4.69, 9.17) is 21.7 Å². The Morgan fingerprint density at radius 3 is 1.44 bits per heavy atom. The van der Waals surface area contributed by atoms with Crippen LogP contribution < -0.4 is 0 Å². The van der Waals surface area contributed by atoms with Crippen molar-refractivity contribution in [3.63, 3.8) is 0 Å². The Balaban J connectivity index is 1.88. The van der Waals surface area contributed by atoms with Crippen molar-refractivity contribution >= 4 is 42.3 Å². The van der Waals surface area contributed by atoms with Crippen LogP contribution in [0.5, 0.6) is 0 Å². The van der Waals surface area contributed by atoms with E-state index in [9.17, 15) is 0 Å². The number of nitrogens with zero attached hydrogens (tertiary/aromatic N) is 1. The van der Waals surface area contributed by atoms with E-state index in [0.717, 1.165) is 18.0 Å². The van der Waals surface area contributed by atoms with Crippen LogP contribution >= 0.6 is 0 Å². The number of hydrogen-bond donors (Lipinski definition) is 0. The van der Waals surface area contributed by atoms with Crippen molar-refractivity contribution in [3.05, 3.63) is 59.7 Å². The molecule has 0 atom stereocenters. The van der Waals surface area contributed by atoms with Crippen molar-refractivity contribution in [3.8, 4) is 17.2 Å². The monoisotopic (exact) mass is 673 g/mol. The second kappa shape index (κ2) is 16.4. The summed E-state index contributed by atoms with van der Waals surface area (Å²) in [5.74, 6) is 0. The smallest absolute Gasteiger partial charge is 0.314 e. The minimum atomic E-state index is -2.46. The van der Waals surface area contributed by atoms with Crippen LogP contribution in [-0.2, 0) is 22.9 Å². The highest BCUT2D eigenvalue weighted by Crippen LogP contribution is 2.29. The predicted molar refractivity (Wildman–Crippen MR) is 195 cm³/mol. The molecule has 0 aromatic heterocycles. The summed E-state index contributed by atoms with van der Waals surface area (Å²) in [6.07, 6.45) is 8.91. The molecule has 0 aliphatic heterocycles. The second-order valence-electron chi connectivity index (χ2n) is 14.5. The zero-order chi connectivity index (χ0) is 32.4. The fourth-order valence-corrected chi connectivity index (χ4v) is 30.6. The summed E-state index contributed by atoms with van der Waals surface area (Å²) < 4.78 is 27.3. The first-order valence-electron chi connectivity index (χ1n) is 16.3. The van der Waals surface area contributed by atoms with Crippen molar-refractivity contribution in [2.75, 3.05) is 0 Å². The number of aryl methyl sites for hydroxylation is 1. The first-order chi connectivity index (χ1) is 19.9.